The number of carbonyl (C=O) groups excluding carboxylic acids is 3. The summed E-state index contributed by atoms with van der Waals surface area (Å²) in [5.41, 5.74) is 1.02. The third kappa shape index (κ3) is 3.36. The van der Waals surface area contributed by atoms with E-state index in [1.165, 1.54) is 4.90 Å². The zero-order valence-corrected chi connectivity index (χ0v) is 18.8. The summed E-state index contributed by atoms with van der Waals surface area (Å²) in [4.78, 5) is 43.9. The summed E-state index contributed by atoms with van der Waals surface area (Å²) in [5.74, 6) is 0.791. The molecule has 2 aliphatic rings. The molecule has 0 aromatic heterocycles. The van der Waals surface area contributed by atoms with E-state index in [9.17, 15) is 14.4 Å². The number of methoxy groups -OCH3 is 2. The van der Waals surface area contributed by atoms with Crippen LogP contribution in [0.3, 0.4) is 0 Å². The first kappa shape index (κ1) is 21.7. The van der Waals surface area contributed by atoms with Gasteiger partial charge in [-0.15, -0.1) is 0 Å². The quantitative estimate of drug-likeness (QED) is 0.694. The topological polar surface area (TPSA) is 79.4 Å². The fourth-order valence-electron chi connectivity index (χ4n) is 4.59. The Hall–Kier alpha value is -3.55. The maximum absolute atomic E-state index is 13.3. The minimum absolute atomic E-state index is 0.00813. The Morgan fingerprint density at radius 2 is 1.81 bits per heavy atom. The van der Waals surface area contributed by atoms with E-state index in [-0.39, 0.29) is 30.7 Å². The minimum atomic E-state index is -0.773. The van der Waals surface area contributed by atoms with Gasteiger partial charge in [0.2, 0.25) is 11.8 Å². The van der Waals surface area contributed by atoms with E-state index in [1.807, 2.05) is 19.1 Å². The molecule has 1 fully saturated rings. The number of carbonyl (C=O) groups is 3. The third-order valence-electron chi connectivity index (χ3n) is 6.42. The molecule has 0 bridgehead atoms. The Bertz CT molecular complexity index is 1090. The van der Waals surface area contributed by atoms with Crippen LogP contribution in [0.5, 0.6) is 11.5 Å². The van der Waals surface area contributed by atoms with E-state index in [1.54, 1.807) is 61.4 Å². The largest absolute Gasteiger partial charge is 0.493 e. The van der Waals surface area contributed by atoms with E-state index in [4.69, 9.17) is 9.47 Å². The Kier molecular flexibility index (Phi) is 5.54. The van der Waals surface area contributed by atoms with Crippen LogP contribution < -0.4 is 19.3 Å². The molecule has 3 amide bonds. The van der Waals surface area contributed by atoms with Crippen LogP contribution in [0, 0.1) is 0 Å². The van der Waals surface area contributed by atoms with Crippen LogP contribution in [-0.2, 0) is 9.59 Å². The van der Waals surface area contributed by atoms with Gasteiger partial charge in [-0.1, -0.05) is 12.1 Å². The van der Waals surface area contributed by atoms with Crippen molar-refractivity contribution in [2.75, 3.05) is 37.6 Å². The molecule has 4 rings (SSSR count). The Labute approximate surface area is 187 Å². The number of fused-ring (bicyclic) bond motifs is 3. The van der Waals surface area contributed by atoms with Crippen LogP contribution in [-0.4, -0.2) is 56.1 Å². The SMILES string of the molecule is COc1ccc(N(C)C(=O)CCN2C(=O)c3ccccc3N3C(=O)CCC23C)cc1OC. The second-order valence-corrected chi connectivity index (χ2v) is 8.16. The molecule has 1 saturated heterocycles. The molecule has 0 radical (unpaired) electrons. The molecule has 2 heterocycles. The average Bonchev–Trinajstić information content (AvgIpc) is 3.12. The van der Waals surface area contributed by atoms with Crippen molar-refractivity contribution < 1.29 is 23.9 Å². The summed E-state index contributed by atoms with van der Waals surface area (Å²) in [5, 5.41) is 0. The standard InChI is InChI=1S/C24H27N3O5/c1-24-13-11-22(29)27(24)18-8-6-5-7-17(18)23(30)26(24)14-12-21(28)25(2)16-9-10-19(31-3)20(15-16)32-4/h5-10,15H,11-14H2,1-4H3. The lowest BCUT2D eigenvalue weighted by atomic mass is 9.98. The number of amides is 3. The van der Waals surface area contributed by atoms with E-state index in [0.717, 1.165) is 0 Å². The van der Waals surface area contributed by atoms with Crippen LogP contribution in [0.1, 0.15) is 36.5 Å². The van der Waals surface area contributed by atoms with Crippen LogP contribution in [0.4, 0.5) is 11.4 Å². The van der Waals surface area contributed by atoms with Crippen molar-refractivity contribution in [3.63, 3.8) is 0 Å². The monoisotopic (exact) mass is 437 g/mol. The molecule has 2 aromatic rings. The van der Waals surface area contributed by atoms with Crippen LogP contribution in [0.2, 0.25) is 0 Å². The molecule has 32 heavy (non-hydrogen) atoms. The van der Waals surface area contributed by atoms with Crippen molar-refractivity contribution in [2.45, 2.75) is 31.8 Å². The van der Waals surface area contributed by atoms with Gasteiger partial charge in [-0.05, 0) is 37.6 Å². The zero-order chi connectivity index (χ0) is 23.0. The van der Waals surface area contributed by atoms with Crippen LogP contribution >= 0.6 is 0 Å². The first-order chi connectivity index (χ1) is 15.3. The van der Waals surface area contributed by atoms with Gasteiger partial charge in [0.25, 0.3) is 5.91 Å². The summed E-state index contributed by atoms with van der Waals surface area (Å²) in [7, 11) is 4.78. The van der Waals surface area contributed by atoms with Gasteiger partial charge in [-0.2, -0.15) is 0 Å². The number of nitrogens with zero attached hydrogens (tertiary/aromatic N) is 3. The van der Waals surface area contributed by atoms with Gasteiger partial charge >= 0.3 is 0 Å². The van der Waals surface area contributed by atoms with Crippen molar-refractivity contribution >= 4 is 29.1 Å². The first-order valence-corrected chi connectivity index (χ1v) is 10.5. The molecule has 1 unspecified atom stereocenters. The Morgan fingerprint density at radius 3 is 2.53 bits per heavy atom. The molecule has 8 heteroatoms. The summed E-state index contributed by atoms with van der Waals surface area (Å²) in [6.45, 7) is 2.11. The lowest BCUT2D eigenvalue weighted by Crippen LogP contribution is -2.62. The van der Waals surface area contributed by atoms with Gasteiger partial charge < -0.3 is 19.3 Å². The number of ether oxygens (including phenoxy) is 2. The molecular weight excluding hydrogens is 410 g/mol. The maximum Gasteiger partial charge on any atom is 0.257 e. The van der Waals surface area contributed by atoms with Gasteiger partial charge in [-0.3, -0.25) is 19.3 Å². The van der Waals surface area contributed by atoms with Gasteiger partial charge in [-0.25, -0.2) is 0 Å². The molecular formula is C24H27N3O5. The smallest absolute Gasteiger partial charge is 0.257 e. The van der Waals surface area contributed by atoms with E-state index >= 15 is 0 Å². The van der Waals surface area contributed by atoms with Gasteiger partial charge in [0.15, 0.2) is 11.5 Å². The van der Waals surface area contributed by atoms with Gasteiger partial charge in [0, 0.05) is 38.2 Å². The third-order valence-corrected chi connectivity index (χ3v) is 6.42. The summed E-state index contributed by atoms with van der Waals surface area (Å²) in [6, 6.07) is 12.4. The van der Waals surface area contributed by atoms with E-state index in [0.29, 0.717) is 41.3 Å². The van der Waals surface area contributed by atoms with E-state index < -0.39 is 5.66 Å². The second-order valence-electron chi connectivity index (χ2n) is 8.16. The number of benzene rings is 2. The number of para-hydroxylation sites is 1. The van der Waals surface area contributed by atoms with Crippen LogP contribution in [0.15, 0.2) is 42.5 Å². The lowest BCUT2D eigenvalue weighted by Gasteiger charge is -2.48. The fraction of sp³-hybridized carbons (Fsp3) is 0.375. The second kappa shape index (κ2) is 8.18. The fourth-order valence-corrected chi connectivity index (χ4v) is 4.59. The molecule has 1 atom stereocenters. The number of hydrogen-bond acceptors (Lipinski definition) is 5. The van der Waals surface area contributed by atoms with Crippen LogP contribution in [0.25, 0.3) is 0 Å². The molecule has 0 N–H and O–H groups in total. The van der Waals surface area contributed by atoms with Gasteiger partial charge in [0.05, 0.1) is 25.5 Å². The molecule has 2 aliphatic heterocycles. The Morgan fingerprint density at radius 1 is 1.09 bits per heavy atom. The lowest BCUT2D eigenvalue weighted by molar-refractivity contribution is -0.118. The normalized spacial score (nSPS) is 19.5. The van der Waals surface area contributed by atoms with Crippen molar-refractivity contribution in [3.8, 4) is 11.5 Å². The molecule has 8 nitrogen and oxygen atoms in total. The number of anilines is 2. The zero-order valence-electron chi connectivity index (χ0n) is 18.8. The predicted octanol–water partition coefficient (Wildman–Crippen LogP) is 3.06. The maximum atomic E-state index is 13.3. The van der Waals surface area contributed by atoms with Gasteiger partial charge in [0.1, 0.15) is 5.66 Å². The van der Waals surface area contributed by atoms with Crippen molar-refractivity contribution in [3.05, 3.63) is 48.0 Å². The highest BCUT2D eigenvalue weighted by molar-refractivity contribution is 6.10. The van der Waals surface area contributed by atoms with Crippen molar-refractivity contribution in [1.29, 1.82) is 0 Å². The number of hydrogen-bond donors (Lipinski definition) is 0. The molecule has 2 aromatic carbocycles. The average molecular weight is 437 g/mol. The molecule has 168 valence electrons. The summed E-state index contributed by atoms with van der Waals surface area (Å²) < 4.78 is 10.6. The first-order valence-electron chi connectivity index (χ1n) is 10.5. The highest BCUT2D eigenvalue weighted by Crippen LogP contribution is 2.44. The molecule has 0 aliphatic carbocycles. The predicted molar refractivity (Wildman–Crippen MR) is 120 cm³/mol. The minimum Gasteiger partial charge on any atom is -0.493 e. The highest BCUT2D eigenvalue weighted by Gasteiger charge is 2.52. The summed E-state index contributed by atoms with van der Waals surface area (Å²) >= 11 is 0. The van der Waals surface area contributed by atoms with E-state index in [2.05, 4.69) is 0 Å². The highest BCUT2D eigenvalue weighted by atomic mass is 16.5. The molecule has 0 spiro atoms. The van der Waals surface area contributed by atoms with Crippen molar-refractivity contribution in [1.82, 2.24) is 4.90 Å². The van der Waals surface area contributed by atoms with Crippen molar-refractivity contribution in [2.24, 2.45) is 0 Å². The molecule has 0 saturated carbocycles. The Balaban J connectivity index is 1.55. The number of rotatable bonds is 6. The summed E-state index contributed by atoms with van der Waals surface area (Å²) in [6.07, 6.45) is 1.02.